The number of rotatable bonds is 1. The number of hydrogen-bond donors (Lipinski definition) is 0. The summed E-state index contributed by atoms with van der Waals surface area (Å²) >= 11 is 0. The quantitative estimate of drug-likeness (QED) is 0.706. The molecule has 2 nitrogen and oxygen atoms in total. The Morgan fingerprint density at radius 2 is 1.53 bits per heavy atom. The summed E-state index contributed by atoms with van der Waals surface area (Å²) in [7, 11) is 0. The highest BCUT2D eigenvalue weighted by atomic mass is 16.2. The van der Waals surface area contributed by atoms with Crippen LogP contribution in [0.15, 0.2) is 0 Å². The Labute approximate surface area is 116 Å². The first-order valence-corrected chi connectivity index (χ1v) is 8.58. The second kappa shape index (κ2) is 4.49. The van der Waals surface area contributed by atoms with Crippen molar-refractivity contribution in [1.29, 1.82) is 0 Å². The minimum absolute atomic E-state index is 0.385. The molecule has 0 bridgehead atoms. The topological polar surface area (TPSA) is 20.3 Å². The number of piperidine rings is 1. The molecule has 4 fully saturated rings. The minimum atomic E-state index is 0.385. The Morgan fingerprint density at radius 3 is 2.21 bits per heavy atom. The molecule has 1 amide bonds. The molecule has 3 saturated carbocycles. The van der Waals surface area contributed by atoms with E-state index in [9.17, 15) is 4.79 Å². The lowest BCUT2D eigenvalue weighted by Crippen LogP contribution is -2.61. The van der Waals surface area contributed by atoms with Crippen LogP contribution in [0.25, 0.3) is 0 Å². The van der Waals surface area contributed by atoms with Gasteiger partial charge in [0.05, 0.1) is 0 Å². The van der Waals surface area contributed by atoms with Crippen LogP contribution < -0.4 is 0 Å². The highest BCUT2D eigenvalue weighted by Crippen LogP contribution is 2.61. The van der Waals surface area contributed by atoms with Crippen molar-refractivity contribution in [2.24, 2.45) is 23.2 Å². The Bertz CT molecular complexity index is 373. The maximum atomic E-state index is 12.7. The number of amides is 1. The zero-order valence-corrected chi connectivity index (χ0v) is 12.1. The fourth-order valence-electron chi connectivity index (χ4n) is 5.69. The first-order chi connectivity index (χ1) is 9.29. The molecule has 0 aromatic heterocycles. The molecular formula is C17H27NO. The number of carbonyl (C=O) groups excluding carboxylic acids is 1. The lowest BCUT2D eigenvalue weighted by molar-refractivity contribution is -0.158. The maximum absolute atomic E-state index is 12.7. The summed E-state index contributed by atoms with van der Waals surface area (Å²) in [4.78, 5) is 15.0. The van der Waals surface area contributed by atoms with Crippen LogP contribution in [-0.4, -0.2) is 23.9 Å². The molecule has 1 heterocycles. The van der Waals surface area contributed by atoms with E-state index >= 15 is 0 Å². The highest BCUT2D eigenvalue weighted by Gasteiger charge is 2.56. The van der Waals surface area contributed by atoms with Crippen LogP contribution in [0.2, 0.25) is 0 Å². The molecule has 0 aromatic carbocycles. The summed E-state index contributed by atoms with van der Waals surface area (Å²) in [5, 5.41) is 0. The number of nitrogens with zero attached hydrogens (tertiary/aromatic N) is 1. The Balaban J connectivity index is 1.49. The molecule has 0 N–H and O–H groups in total. The fraction of sp³-hybridized carbons (Fsp3) is 0.941. The van der Waals surface area contributed by atoms with Crippen LogP contribution in [0, 0.1) is 23.2 Å². The normalized spacial score (nSPS) is 42.4. The largest absolute Gasteiger partial charge is 0.342 e. The van der Waals surface area contributed by atoms with E-state index in [4.69, 9.17) is 0 Å². The predicted octanol–water partition coefficient (Wildman–Crippen LogP) is 3.61. The average Bonchev–Trinajstić information content (AvgIpc) is 2.95. The smallest absolute Gasteiger partial charge is 0.225 e. The SMILES string of the molecule is O=C(C1CCCC1)N1CC2CCCCC23CCC3C1. The highest BCUT2D eigenvalue weighted by molar-refractivity contribution is 5.79. The van der Waals surface area contributed by atoms with Crippen LogP contribution in [0.3, 0.4) is 0 Å². The summed E-state index contributed by atoms with van der Waals surface area (Å²) in [5.41, 5.74) is 0.685. The van der Waals surface area contributed by atoms with Crippen molar-refractivity contribution in [2.75, 3.05) is 13.1 Å². The molecule has 0 radical (unpaired) electrons. The van der Waals surface area contributed by atoms with Crippen LogP contribution in [0.5, 0.6) is 0 Å². The summed E-state index contributed by atoms with van der Waals surface area (Å²) < 4.78 is 0. The van der Waals surface area contributed by atoms with Gasteiger partial charge in [-0.3, -0.25) is 4.79 Å². The average molecular weight is 261 g/mol. The molecular weight excluding hydrogens is 234 g/mol. The van der Waals surface area contributed by atoms with E-state index in [1.807, 2.05) is 0 Å². The van der Waals surface area contributed by atoms with Crippen molar-refractivity contribution < 1.29 is 4.79 Å². The van der Waals surface area contributed by atoms with Gasteiger partial charge in [0, 0.05) is 19.0 Å². The molecule has 3 unspecified atom stereocenters. The molecule has 2 heteroatoms. The molecule has 4 rings (SSSR count). The zero-order chi connectivity index (χ0) is 12.9. The van der Waals surface area contributed by atoms with Gasteiger partial charge < -0.3 is 4.90 Å². The van der Waals surface area contributed by atoms with Gasteiger partial charge in [0.1, 0.15) is 0 Å². The van der Waals surface area contributed by atoms with E-state index < -0.39 is 0 Å². The lowest BCUT2D eigenvalue weighted by Gasteiger charge is -2.62. The van der Waals surface area contributed by atoms with Crippen molar-refractivity contribution in [3.8, 4) is 0 Å². The summed E-state index contributed by atoms with van der Waals surface area (Å²) in [5.74, 6) is 2.61. The second-order valence-corrected chi connectivity index (χ2v) is 7.64. The third-order valence-electron chi connectivity index (χ3n) is 6.93. The van der Waals surface area contributed by atoms with E-state index in [0.717, 1.165) is 37.8 Å². The van der Waals surface area contributed by atoms with E-state index in [1.165, 1.54) is 51.4 Å². The summed E-state index contributed by atoms with van der Waals surface area (Å²) in [6.45, 7) is 2.21. The molecule has 106 valence electrons. The van der Waals surface area contributed by atoms with E-state index in [-0.39, 0.29) is 0 Å². The Kier molecular flexibility index (Phi) is 2.89. The van der Waals surface area contributed by atoms with Gasteiger partial charge in [-0.2, -0.15) is 0 Å². The molecule has 1 saturated heterocycles. The van der Waals surface area contributed by atoms with Gasteiger partial charge >= 0.3 is 0 Å². The molecule has 0 aromatic rings. The van der Waals surface area contributed by atoms with E-state index in [2.05, 4.69) is 4.90 Å². The van der Waals surface area contributed by atoms with E-state index in [1.54, 1.807) is 0 Å². The minimum Gasteiger partial charge on any atom is -0.342 e. The number of likely N-dealkylation sites (tertiary alicyclic amines) is 1. The van der Waals surface area contributed by atoms with Crippen LogP contribution >= 0.6 is 0 Å². The standard InChI is InChI=1S/C17H27NO/c19-16(13-5-1-2-6-13)18-11-14-7-3-4-9-17(14)10-8-15(17)12-18/h13-15H,1-12H2. The predicted molar refractivity (Wildman–Crippen MR) is 75.7 cm³/mol. The van der Waals surface area contributed by atoms with Gasteiger partial charge in [-0.1, -0.05) is 25.7 Å². The summed E-state index contributed by atoms with van der Waals surface area (Å²) in [6.07, 6.45) is 13.5. The molecule has 3 aliphatic carbocycles. The van der Waals surface area contributed by atoms with Crippen molar-refractivity contribution in [2.45, 2.75) is 64.2 Å². The van der Waals surface area contributed by atoms with Crippen molar-refractivity contribution in [1.82, 2.24) is 4.90 Å². The van der Waals surface area contributed by atoms with Crippen molar-refractivity contribution in [3.05, 3.63) is 0 Å². The van der Waals surface area contributed by atoms with Gasteiger partial charge in [0.2, 0.25) is 5.91 Å². The third-order valence-corrected chi connectivity index (χ3v) is 6.93. The van der Waals surface area contributed by atoms with Crippen molar-refractivity contribution >= 4 is 5.91 Å². The zero-order valence-electron chi connectivity index (χ0n) is 12.1. The lowest BCUT2D eigenvalue weighted by atomic mass is 9.47. The fourth-order valence-corrected chi connectivity index (χ4v) is 5.69. The van der Waals surface area contributed by atoms with Crippen LogP contribution in [0.1, 0.15) is 64.2 Å². The monoisotopic (exact) mass is 261 g/mol. The maximum Gasteiger partial charge on any atom is 0.225 e. The molecule has 3 atom stereocenters. The Morgan fingerprint density at radius 1 is 0.842 bits per heavy atom. The first kappa shape index (κ1) is 12.2. The molecule has 4 aliphatic rings. The molecule has 19 heavy (non-hydrogen) atoms. The number of hydrogen-bond acceptors (Lipinski definition) is 1. The number of carbonyl (C=O) groups is 1. The van der Waals surface area contributed by atoms with E-state index in [0.29, 0.717) is 17.2 Å². The molecule has 1 aliphatic heterocycles. The van der Waals surface area contributed by atoms with Gasteiger partial charge in [-0.05, 0) is 55.8 Å². The van der Waals surface area contributed by atoms with Crippen molar-refractivity contribution in [3.63, 3.8) is 0 Å². The molecule has 1 spiro atoms. The second-order valence-electron chi connectivity index (χ2n) is 7.64. The van der Waals surface area contributed by atoms with Gasteiger partial charge in [-0.15, -0.1) is 0 Å². The first-order valence-electron chi connectivity index (χ1n) is 8.58. The van der Waals surface area contributed by atoms with Gasteiger partial charge in [0.25, 0.3) is 0 Å². The third kappa shape index (κ3) is 1.78. The van der Waals surface area contributed by atoms with Crippen LogP contribution in [0.4, 0.5) is 0 Å². The summed E-state index contributed by atoms with van der Waals surface area (Å²) in [6, 6.07) is 0. The van der Waals surface area contributed by atoms with Gasteiger partial charge in [0.15, 0.2) is 0 Å². The van der Waals surface area contributed by atoms with Crippen LogP contribution in [-0.2, 0) is 4.79 Å². The Hall–Kier alpha value is -0.530. The van der Waals surface area contributed by atoms with Gasteiger partial charge in [-0.25, -0.2) is 0 Å².